The third-order valence-corrected chi connectivity index (χ3v) is 13.5. The summed E-state index contributed by atoms with van der Waals surface area (Å²) in [5.74, 6) is -0.940. The van der Waals surface area contributed by atoms with E-state index >= 15 is 0 Å². The fourth-order valence-electron chi connectivity index (χ4n) is 8.81. The van der Waals surface area contributed by atoms with Crippen molar-refractivity contribution >= 4 is 17.9 Å². The summed E-state index contributed by atoms with van der Waals surface area (Å²) in [6, 6.07) is 0. The Kier molecular flexibility index (Phi) is 60.3. The van der Waals surface area contributed by atoms with Crippen LogP contribution in [0.1, 0.15) is 297 Å². The van der Waals surface area contributed by atoms with E-state index in [1.807, 2.05) is 0 Å². The first-order valence-electron chi connectivity index (χ1n) is 31.9. The molecule has 1 atom stereocenters. The fourth-order valence-corrected chi connectivity index (χ4v) is 8.81. The fraction of sp³-hybridized carbons (Fsp3) is 0.700. The van der Waals surface area contributed by atoms with Gasteiger partial charge in [-0.1, -0.05) is 284 Å². The Morgan fingerprint density at radius 3 is 0.829 bits per heavy atom. The molecule has 0 aliphatic carbocycles. The first-order chi connectivity index (χ1) is 37.5. The molecule has 0 aliphatic rings. The lowest BCUT2D eigenvalue weighted by molar-refractivity contribution is -0.167. The Bertz CT molecular complexity index is 1540. The molecule has 0 rings (SSSR count). The monoisotopic (exact) mass is 1050 g/mol. The van der Waals surface area contributed by atoms with Crippen molar-refractivity contribution in [2.45, 2.75) is 303 Å². The van der Waals surface area contributed by atoms with Crippen LogP contribution in [0.3, 0.4) is 0 Å². The van der Waals surface area contributed by atoms with Gasteiger partial charge in [-0.3, -0.25) is 14.4 Å². The van der Waals surface area contributed by atoms with E-state index in [9.17, 15) is 14.4 Å². The van der Waals surface area contributed by atoms with E-state index in [2.05, 4.69) is 130 Å². The van der Waals surface area contributed by atoms with Crippen LogP contribution in [0.4, 0.5) is 0 Å². The van der Waals surface area contributed by atoms with Crippen LogP contribution < -0.4 is 0 Å². The first kappa shape index (κ1) is 72.1. The van der Waals surface area contributed by atoms with Crippen LogP contribution in [0, 0.1) is 0 Å². The molecule has 0 heterocycles. The molecule has 6 nitrogen and oxygen atoms in total. The van der Waals surface area contributed by atoms with Gasteiger partial charge in [0.2, 0.25) is 0 Å². The predicted octanol–water partition coefficient (Wildman–Crippen LogP) is 21.8. The number of rotatable bonds is 57. The molecule has 0 amide bonds. The molecule has 0 aromatic rings. The summed E-state index contributed by atoms with van der Waals surface area (Å²) in [4.78, 5) is 38.3. The minimum absolute atomic E-state index is 0.0964. The van der Waals surface area contributed by atoms with Crippen LogP contribution in [-0.4, -0.2) is 37.2 Å². The molecule has 0 fully saturated rings. The molecule has 0 N–H and O–H groups in total. The maximum atomic E-state index is 12.9. The van der Waals surface area contributed by atoms with Crippen LogP contribution >= 0.6 is 0 Å². The number of carbonyl (C=O) groups is 3. The summed E-state index contributed by atoms with van der Waals surface area (Å²) >= 11 is 0. The van der Waals surface area contributed by atoms with Crippen molar-refractivity contribution in [2.75, 3.05) is 13.2 Å². The van der Waals surface area contributed by atoms with E-state index in [0.717, 1.165) is 122 Å². The molecule has 0 saturated heterocycles. The van der Waals surface area contributed by atoms with E-state index in [4.69, 9.17) is 14.2 Å². The largest absolute Gasteiger partial charge is 0.462 e. The van der Waals surface area contributed by atoms with Gasteiger partial charge in [-0.25, -0.2) is 0 Å². The zero-order valence-electron chi connectivity index (χ0n) is 49.7. The second-order valence-corrected chi connectivity index (χ2v) is 20.9. The van der Waals surface area contributed by atoms with Crippen molar-refractivity contribution < 1.29 is 28.6 Å². The molecule has 0 bridgehead atoms. The Balaban J connectivity index is 4.46. The molecule has 0 saturated carbocycles. The molecule has 6 heteroatoms. The molecular weight excluding hydrogens is 937 g/mol. The predicted molar refractivity (Wildman–Crippen MR) is 330 cm³/mol. The van der Waals surface area contributed by atoms with Gasteiger partial charge in [0.05, 0.1) is 0 Å². The number of esters is 3. The number of allylic oxidation sites excluding steroid dienone is 18. The van der Waals surface area contributed by atoms with E-state index < -0.39 is 6.10 Å². The number of ether oxygens (including phenoxy) is 3. The third-order valence-electron chi connectivity index (χ3n) is 13.5. The molecular formula is C70H118O6. The third kappa shape index (κ3) is 60.9. The van der Waals surface area contributed by atoms with Gasteiger partial charge >= 0.3 is 17.9 Å². The second kappa shape index (κ2) is 63.6. The molecule has 0 radical (unpaired) electrons. The summed E-state index contributed by atoms with van der Waals surface area (Å²) in [6.07, 6.45) is 86.6. The Morgan fingerprint density at radius 1 is 0.276 bits per heavy atom. The minimum Gasteiger partial charge on any atom is -0.462 e. The molecule has 0 spiro atoms. The van der Waals surface area contributed by atoms with Gasteiger partial charge in [0.15, 0.2) is 6.10 Å². The minimum atomic E-state index is -0.802. The first-order valence-corrected chi connectivity index (χ1v) is 31.9. The van der Waals surface area contributed by atoms with E-state index in [0.29, 0.717) is 19.3 Å². The van der Waals surface area contributed by atoms with Crippen molar-refractivity contribution in [3.63, 3.8) is 0 Å². The van der Waals surface area contributed by atoms with Crippen molar-refractivity contribution in [3.05, 3.63) is 109 Å². The summed E-state index contributed by atoms with van der Waals surface area (Å²) in [6.45, 7) is 6.40. The SMILES string of the molecule is CC/C=C\C/C=C\C/C=C\C/C=C\C/C=C\C/C=C\CCCCC(=O)OCC(COC(=O)CCCCCCCCC/C=C\C/C=C\C/C=C\CC)OC(=O)CCCCCCCCCCCCCCCCCCCCCC. The quantitative estimate of drug-likeness (QED) is 0.0261. The average molecular weight is 1060 g/mol. The summed E-state index contributed by atoms with van der Waals surface area (Å²) in [5.41, 5.74) is 0. The highest BCUT2D eigenvalue weighted by Gasteiger charge is 2.19. The highest BCUT2D eigenvalue weighted by molar-refractivity contribution is 5.71. The Hall–Kier alpha value is -3.93. The van der Waals surface area contributed by atoms with E-state index in [-0.39, 0.29) is 31.1 Å². The lowest BCUT2D eigenvalue weighted by atomic mass is 10.0. The smallest absolute Gasteiger partial charge is 0.306 e. The Labute approximate surface area is 470 Å². The Morgan fingerprint density at radius 2 is 0.513 bits per heavy atom. The van der Waals surface area contributed by atoms with Gasteiger partial charge in [0.25, 0.3) is 0 Å². The van der Waals surface area contributed by atoms with Crippen molar-refractivity contribution in [1.29, 1.82) is 0 Å². The van der Waals surface area contributed by atoms with E-state index in [1.54, 1.807) is 0 Å². The maximum Gasteiger partial charge on any atom is 0.306 e. The topological polar surface area (TPSA) is 78.9 Å². The van der Waals surface area contributed by atoms with Crippen LogP contribution in [0.5, 0.6) is 0 Å². The number of unbranched alkanes of at least 4 members (excludes halogenated alkanes) is 28. The van der Waals surface area contributed by atoms with Crippen LogP contribution in [0.2, 0.25) is 0 Å². The molecule has 0 aromatic carbocycles. The van der Waals surface area contributed by atoms with Gasteiger partial charge in [0.1, 0.15) is 13.2 Å². The zero-order chi connectivity index (χ0) is 55.0. The summed E-state index contributed by atoms with van der Waals surface area (Å²) in [5, 5.41) is 0. The van der Waals surface area contributed by atoms with Crippen LogP contribution in [0.15, 0.2) is 109 Å². The maximum absolute atomic E-state index is 12.9. The number of hydrogen-bond acceptors (Lipinski definition) is 6. The van der Waals surface area contributed by atoms with Crippen LogP contribution in [0.25, 0.3) is 0 Å². The molecule has 0 aromatic heterocycles. The van der Waals surface area contributed by atoms with Gasteiger partial charge in [-0.15, -0.1) is 0 Å². The van der Waals surface area contributed by atoms with Gasteiger partial charge in [-0.05, 0) is 103 Å². The van der Waals surface area contributed by atoms with Gasteiger partial charge < -0.3 is 14.2 Å². The lowest BCUT2D eigenvalue weighted by Gasteiger charge is -2.18. The van der Waals surface area contributed by atoms with Crippen molar-refractivity contribution in [2.24, 2.45) is 0 Å². The summed E-state index contributed by atoms with van der Waals surface area (Å²) in [7, 11) is 0. The highest BCUT2D eigenvalue weighted by atomic mass is 16.6. The standard InChI is InChI=1S/C70H118O6/c1-4-7-10-13-16-19-22-25-28-31-33-35-37-39-42-45-48-51-54-57-60-63-69(72)75-66-67(65-74-68(71)62-59-56-53-50-47-44-41-38-30-27-24-21-18-15-12-9-6-3)76-70(73)64-61-58-55-52-49-46-43-40-36-34-32-29-26-23-20-17-14-11-8-5-2/h7,9-10,12,16,18-19,21,25,27-28,30,33,35,39,42,48,51,67H,4-6,8,11,13-15,17,20,22-24,26,29,31-32,34,36-38,40-41,43-47,49-50,52-66H2,1-3H3/b10-7-,12-9-,19-16-,21-18-,28-25-,30-27-,35-33-,42-39-,51-48-. The van der Waals surface area contributed by atoms with Crippen LogP contribution in [-0.2, 0) is 28.6 Å². The van der Waals surface area contributed by atoms with Crippen molar-refractivity contribution in [3.8, 4) is 0 Å². The zero-order valence-corrected chi connectivity index (χ0v) is 49.7. The molecule has 434 valence electrons. The lowest BCUT2D eigenvalue weighted by Crippen LogP contribution is -2.30. The highest BCUT2D eigenvalue weighted by Crippen LogP contribution is 2.17. The van der Waals surface area contributed by atoms with Gasteiger partial charge in [0, 0.05) is 19.3 Å². The summed E-state index contributed by atoms with van der Waals surface area (Å²) < 4.78 is 16.9. The second-order valence-electron chi connectivity index (χ2n) is 20.9. The molecule has 1 unspecified atom stereocenters. The van der Waals surface area contributed by atoms with E-state index in [1.165, 1.54) is 135 Å². The average Bonchev–Trinajstić information content (AvgIpc) is 3.42. The van der Waals surface area contributed by atoms with Gasteiger partial charge in [-0.2, -0.15) is 0 Å². The van der Waals surface area contributed by atoms with Crippen molar-refractivity contribution in [1.82, 2.24) is 0 Å². The number of carbonyl (C=O) groups excluding carboxylic acids is 3. The molecule has 0 aliphatic heterocycles. The number of hydrogen-bond donors (Lipinski definition) is 0. The normalized spacial score (nSPS) is 12.8. The molecule has 76 heavy (non-hydrogen) atoms.